The van der Waals surface area contributed by atoms with E-state index in [1.807, 2.05) is 0 Å². The van der Waals surface area contributed by atoms with Crippen molar-refractivity contribution < 1.29 is 23.5 Å². The molecular weight excluding hydrogens is 354 g/mol. The van der Waals surface area contributed by atoms with E-state index in [2.05, 4.69) is 5.32 Å². The summed E-state index contributed by atoms with van der Waals surface area (Å²) >= 11 is 5.82. The molecule has 1 heterocycles. The molecule has 0 saturated carbocycles. The maximum atomic E-state index is 13.9. The Bertz CT molecular complexity index is 860. The molecule has 1 atom stereocenters. The summed E-state index contributed by atoms with van der Waals surface area (Å²) in [5.74, 6) is -3.48. The normalized spacial score (nSPS) is 17.0. The van der Waals surface area contributed by atoms with E-state index < -0.39 is 29.4 Å². The fourth-order valence-electron chi connectivity index (χ4n) is 2.66. The number of rotatable bonds is 3. The highest BCUT2D eigenvalue weighted by atomic mass is 35.5. The van der Waals surface area contributed by atoms with Gasteiger partial charge in [-0.2, -0.15) is 0 Å². The summed E-state index contributed by atoms with van der Waals surface area (Å²) in [4.78, 5) is 25.6. The number of hydrogen-bond donors (Lipinski definition) is 2. The van der Waals surface area contributed by atoms with Crippen LogP contribution in [-0.4, -0.2) is 23.5 Å². The molecule has 1 unspecified atom stereocenters. The van der Waals surface area contributed by atoms with Crippen LogP contribution in [0, 0.1) is 17.6 Å². The molecule has 0 radical (unpaired) electrons. The molecule has 130 valence electrons. The molecule has 0 spiro atoms. The Morgan fingerprint density at radius 2 is 2.00 bits per heavy atom. The lowest BCUT2D eigenvalue weighted by atomic mass is 10.1. The van der Waals surface area contributed by atoms with Crippen molar-refractivity contribution in [3.63, 3.8) is 0 Å². The van der Waals surface area contributed by atoms with Crippen LogP contribution in [0.15, 0.2) is 36.4 Å². The maximum absolute atomic E-state index is 13.9. The third kappa shape index (κ3) is 3.56. The van der Waals surface area contributed by atoms with Gasteiger partial charge in [-0.15, -0.1) is 0 Å². The number of phenolic OH excluding ortho intramolecular Hbond substituents is 1. The molecule has 0 aromatic heterocycles. The Kier molecular flexibility index (Phi) is 4.59. The van der Waals surface area contributed by atoms with Gasteiger partial charge in [0.25, 0.3) is 0 Å². The zero-order valence-corrected chi connectivity index (χ0v) is 13.6. The van der Waals surface area contributed by atoms with Crippen molar-refractivity contribution in [1.29, 1.82) is 0 Å². The molecule has 0 bridgehead atoms. The first-order chi connectivity index (χ1) is 11.8. The molecule has 2 amide bonds. The minimum atomic E-state index is -0.873. The Morgan fingerprint density at radius 1 is 1.24 bits per heavy atom. The number of amides is 2. The highest BCUT2D eigenvalue weighted by Gasteiger charge is 2.36. The van der Waals surface area contributed by atoms with Crippen molar-refractivity contribution in [3.05, 3.63) is 53.1 Å². The first kappa shape index (κ1) is 17.2. The third-order valence-electron chi connectivity index (χ3n) is 3.91. The van der Waals surface area contributed by atoms with Gasteiger partial charge in [0.05, 0.1) is 17.3 Å². The molecule has 3 rings (SSSR count). The molecule has 8 heteroatoms. The van der Waals surface area contributed by atoms with Gasteiger partial charge in [0, 0.05) is 24.1 Å². The van der Waals surface area contributed by atoms with Gasteiger partial charge in [-0.25, -0.2) is 8.78 Å². The van der Waals surface area contributed by atoms with Crippen molar-refractivity contribution in [2.24, 2.45) is 5.92 Å². The molecule has 2 aromatic rings. The fourth-order valence-corrected chi connectivity index (χ4v) is 2.83. The average Bonchev–Trinajstić information content (AvgIpc) is 2.93. The molecular formula is C17H13ClF2N2O3. The van der Waals surface area contributed by atoms with Crippen LogP contribution in [-0.2, 0) is 9.59 Å². The van der Waals surface area contributed by atoms with E-state index >= 15 is 0 Å². The Morgan fingerprint density at radius 3 is 2.72 bits per heavy atom. The maximum Gasteiger partial charge on any atom is 0.229 e. The topological polar surface area (TPSA) is 69.6 Å². The Balaban J connectivity index is 1.75. The van der Waals surface area contributed by atoms with E-state index in [9.17, 15) is 23.5 Å². The van der Waals surface area contributed by atoms with Crippen molar-refractivity contribution in [1.82, 2.24) is 0 Å². The monoisotopic (exact) mass is 366 g/mol. The van der Waals surface area contributed by atoms with Gasteiger partial charge in [-0.3, -0.25) is 9.59 Å². The van der Waals surface area contributed by atoms with E-state index in [1.165, 1.54) is 18.2 Å². The van der Waals surface area contributed by atoms with Crippen LogP contribution in [0.1, 0.15) is 6.42 Å². The number of hydrogen-bond acceptors (Lipinski definition) is 3. The first-order valence-corrected chi connectivity index (χ1v) is 7.78. The summed E-state index contributed by atoms with van der Waals surface area (Å²) in [6, 6.07) is 7.06. The highest BCUT2D eigenvalue weighted by molar-refractivity contribution is 6.31. The smallest absolute Gasteiger partial charge is 0.229 e. The van der Waals surface area contributed by atoms with Crippen LogP contribution >= 0.6 is 11.6 Å². The summed E-state index contributed by atoms with van der Waals surface area (Å²) in [6.45, 7) is -0.0471. The Labute approximate surface area is 146 Å². The van der Waals surface area contributed by atoms with Crippen molar-refractivity contribution in [2.45, 2.75) is 6.42 Å². The van der Waals surface area contributed by atoms with E-state index in [-0.39, 0.29) is 30.1 Å². The van der Waals surface area contributed by atoms with Crippen LogP contribution in [0.4, 0.5) is 20.2 Å². The second-order valence-corrected chi connectivity index (χ2v) is 6.09. The highest BCUT2D eigenvalue weighted by Crippen LogP contribution is 2.31. The summed E-state index contributed by atoms with van der Waals surface area (Å²) in [6.07, 6.45) is -0.121. The number of benzene rings is 2. The lowest BCUT2D eigenvalue weighted by Gasteiger charge is -2.17. The van der Waals surface area contributed by atoms with Crippen LogP contribution in [0.2, 0.25) is 5.02 Å². The molecule has 2 aromatic carbocycles. The number of carbonyl (C=O) groups excluding carboxylic acids is 2. The number of nitrogens with one attached hydrogen (secondary N) is 1. The predicted octanol–water partition coefficient (Wildman–Crippen LogP) is 3.32. The fraction of sp³-hybridized carbons (Fsp3) is 0.176. The van der Waals surface area contributed by atoms with Gasteiger partial charge in [-0.05, 0) is 30.3 Å². The van der Waals surface area contributed by atoms with Crippen LogP contribution in [0.25, 0.3) is 0 Å². The molecule has 5 nitrogen and oxygen atoms in total. The summed E-state index contributed by atoms with van der Waals surface area (Å²) in [5, 5.41) is 12.6. The van der Waals surface area contributed by atoms with Gasteiger partial charge in [0.2, 0.25) is 11.8 Å². The predicted molar refractivity (Wildman–Crippen MR) is 88.6 cm³/mol. The van der Waals surface area contributed by atoms with E-state index in [4.69, 9.17) is 11.6 Å². The van der Waals surface area contributed by atoms with E-state index in [0.29, 0.717) is 11.1 Å². The molecule has 2 N–H and O–H groups in total. The minimum absolute atomic E-state index is 0.0471. The Hall–Kier alpha value is -2.67. The second-order valence-electron chi connectivity index (χ2n) is 5.65. The standard InChI is InChI=1S/C17H13ClF2N2O3/c18-10-1-4-15(23)13(6-10)21-17(25)9-5-16(24)22(8-9)14-3-2-11(19)7-12(14)20/h1-4,6-7,9,23H,5,8H2,(H,21,25). The zero-order chi connectivity index (χ0) is 18.1. The quantitative estimate of drug-likeness (QED) is 0.819. The van der Waals surface area contributed by atoms with Crippen molar-refractivity contribution in [3.8, 4) is 5.75 Å². The zero-order valence-electron chi connectivity index (χ0n) is 12.8. The number of aromatic hydroxyl groups is 1. The van der Waals surface area contributed by atoms with Gasteiger partial charge < -0.3 is 15.3 Å². The minimum Gasteiger partial charge on any atom is -0.506 e. The van der Waals surface area contributed by atoms with Crippen LogP contribution in [0.5, 0.6) is 5.75 Å². The van der Waals surface area contributed by atoms with Gasteiger partial charge in [-0.1, -0.05) is 11.6 Å². The number of nitrogens with zero attached hydrogens (tertiary/aromatic N) is 1. The first-order valence-electron chi connectivity index (χ1n) is 7.40. The number of phenols is 1. The van der Waals surface area contributed by atoms with Crippen LogP contribution in [0.3, 0.4) is 0 Å². The van der Waals surface area contributed by atoms with Gasteiger partial charge in [0.1, 0.15) is 17.4 Å². The number of anilines is 2. The second kappa shape index (κ2) is 6.68. The molecule has 1 aliphatic heterocycles. The van der Waals surface area contributed by atoms with E-state index in [1.54, 1.807) is 0 Å². The van der Waals surface area contributed by atoms with Gasteiger partial charge in [0.15, 0.2) is 0 Å². The lowest BCUT2D eigenvalue weighted by Crippen LogP contribution is -2.28. The summed E-state index contributed by atoms with van der Waals surface area (Å²) < 4.78 is 26.9. The summed E-state index contributed by atoms with van der Waals surface area (Å²) in [5.41, 5.74) is 0.0451. The molecule has 1 fully saturated rings. The molecule has 0 aliphatic carbocycles. The van der Waals surface area contributed by atoms with Crippen molar-refractivity contribution in [2.75, 3.05) is 16.8 Å². The third-order valence-corrected chi connectivity index (χ3v) is 4.15. The molecule has 1 aliphatic rings. The lowest BCUT2D eigenvalue weighted by molar-refractivity contribution is -0.122. The number of halogens is 3. The van der Waals surface area contributed by atoms with E-state index in [0.717, 1.165) is 17.0 Å². The average molecular weight is 367 g/mol. The number of carbonyl (C=O) groups is 2. The van der Waals surface area contributed by atoms with Gasteiger partial charge >= 0.3 is 0 Å². The SMILES string of the molecule is O=C(Nc1cc(Cl)ccc1O)C1CC(=O)N(c2ccc(F)cc2F)C1. The summed E-state index contributed by atoms with van der Waals surface area (Å²) in [7, 11) is 0. The molecule has 1 saturated heterocycles. The van der Waals surface area contributed by atoms with Crippen molar-refractivity contribution >= 4 is 34.8 Å². The largest absolute Gasteiger partial charge is 0.506 e. The van der Waals surface area contributed by atoms with Crippen LogP contribution < -0.4 is 10.2 Å². The molecule has 25 heavy (non-hydrogen) atoms.